The van der Waals surface area contributed by atoms with E-state index in [2.05, 4.69) is 58.1 Å². The lowest BCUT2D eigenvalue weighted by Gasteiger charge is -2.39. The second-order valence-electron chi connectivity index (χ2n) is 8.22. The first-order valence-corrected chi connectivity index (χ1v) is 13.2. The van der Waals surface area contributed by atoms with Crippen LogP contribution in [0.5, 0.6) is 0 Å². The Morgan fingerprint density at radius 1 is 1.03 bits per heavy atom. The van der Waals surface area contributed by atoms with Gasteiger partial charge >= 0.3 is 0 Å². The van der Waals surface area contributed by atoms with Gasteiger partial charge in [-0.2, -0.15) is 0 Å². The van der Waals surface area contributed by atoms with Crippen LogP contribution in [0, 0.1) is 11.6 Å². The maximum Gasteiger partial charge on any atom is 0.128 e. The minimum absolute atomic E-state index is 0.168. The summed E-state index contributed by atoms with van der Waals surface area (Å²) in [6, 6.07) is 17.7. The molecule has 7 heteroatoms. The van der Waals surface area contributed by atoms with Crippen LogP contribution in [0.15, 0.2) is 79.3 Å². The molecule has 4 nitrogen and oxygen atoms in total. The molecule has 1 unspecified atom stereocenters. The van der Waals surface area contributed by atoms with Crippen molar-refractivity contribution < 1.29 is 8.78 Å². The Balaban J connectivity index is 0.000000192. The first-order valence-electron chi connectivity index (χ1n) is 11.4. The van der Waals surface area contributed by atoms with Gasteiger partial charge in [0.15, 0.2) is 0 Å². The van der Waals surface area contributed by atoms with Crippen molar-refractivity contribution in [3.8, 4) is 11.1 Å². The van der Waals surface area contributed by atoms with Gasteiger partial charge in [-0.05, 0) is 82.2 Å². The molecule has 3 aromatic rings. The van der Waals surface area contributed by atoms with E-state index < -0.39 is 11.6 Å². The number of hydrogen-bond acceptors (Lipinski definition) is 4. The normalized spacial score (nSPS) is 14.8. The third-order valence-electron chi connectivity index (χ3n) is 6.10. The third kappa shape index (κ3) is 7.09. The van der Waals surface area contributed by atoms with Crippen LogP contribution in [-0.4, -0.2) is 49.5 Å². The highest BCUT2D eigenvalue weighted by Crippen LogP contribution is 2.39. The average Bonchev–Trinajstić information content (AvgIpc) is 2.88. The molecule has 34 heavy (non-hydrogen) atoms. The van der Waals surface area contributed by atoms with Crippen molar-refractivity contribution in [1.82, 2.24) is 9.65 Å². The lowest BCUT2D eigenvalue weighted by molar-refractivity contribution is 0.329. The molecule has 1 N–H and O–H groups in total. The molecule has 0 spiro atoms. The minimum atomic E-state index is -0.562. The SMILES string of the molecule is C=CP(C)N(C)C1CCN(c2ccccn2)CC1.CNc1ccc(-c2cc(F)cc(F)c2)cc1. The van der Waals surface area contributed by atoms with E-state index in [0.29, 0.717) is 11.6 Å². The quantitative estimate of drug-likeness (QED) is 0.391. The van der Waals surface area contributed by atoms with Gasteiger partial charge in [0.2, 0.25) is 0 Å². The van der Waals surface area contributed by atoms with Crippen molar-refractivity contribution in [3.05, 3.63) is 90.9 Å². The first kappa shape index (κ1) is 25.8. The largest absolute Gasteiger partial charge is 0.388 e. The van der Waals surface area contributed by atoms with Crippen molar-refractivity contribution in [2.75, 3.05) is 44.1 Å². The molecule has 0 amide bonds. The van der Waals surface area contributed by atoms with E-state index in [-0.39, 0.29) is 8.07 Å². The monoisotopic (exact) mass is 482 g/mol. The molecule has 1 saturated heterocycles. The molecule has 2 heterocycles. The summed E-state index contributed by atoms with van der Waals surface area (Å²) in [5.41, 5.74) is 2.29. The fraction of sp³-hybridized carbons (Fsp3) is 0.296. The zero-order valence-corrected chi connectivity index (χ0v) is 21.0. The van der Waals surface area contributed by atoms with Gasteiger partial charge in [-0.1, -0.05) is 30.6 Å². The molecule has 0 bridgehead atoms. The summed E-state index contributed by atoms with van der Waals surface area (Å²) >= 11 is 0. The molecule has 1 fully saturated rings. The van der Waals surface area contributed by atoms with Crippen LogP contribution < -0.4 is 10.2 Å². The molecule has 1 aliphatic heterocycles. The minimum Gasteiger partial charge on any atom is -0.388 e. The van der Waals surface area contributed by atoms with Crippen LogP contribution >= 0.6 is 8.07 Å². The molecular formula is C27H33F2N4P. The van der Waals surface area contributed by atoms with Gasteiger partial charge < -0.3 is 10.2 Å². The molecule has 0 aliphatic carbocycles. The Morgan fingerprint density at radius 2 is 1.68 bits per heavy atom. The summed E-state index contributed by atoms with van der Waals surface area (Å²) in [6.45, 7) is 8.38. The smallest absolute Gasteiger partial charge is 0.128 e. The number of nitrogens with one attached hydrogen (secondary N) is 1. The van der Waals surface area contributed by atoms with Gasteiger partial charge in [0, 0.05) is 44.1 Å². The van der Waals surface area contributed by atoms with Gasteiger partial charge in [-0.25, -0.2) is 13.8 Å². The summed E-state index contributed by atoms with van der Waals surface area (Å²) < 4.78 is 28.5. The lowest BCUT2D eigenvalue weighted by atomic mass is 10.1. The molecule has 4 rings (SSSR count). The van der Waals surface area contributed by atoms with Crippen LogP contribution in [0.1, 0.15) is 12.8 Å². The van der Waals surface area contributed by atoms with E-state index in [1.165, 1.54) is 25.0 Å². The number of pyridine rings is 1. The summed E-state index contributed by atoms with van der Waals surface area (Å²) in [4.78, 5) is 6.81. The summed E-state index contributed by atoms with van der Waals surface area (Å²) in [5.74, 6) is 2.07. The molecule has 0 saturated carbocycles. The number of piperidine rings is 1. The van der Waals surface area contributed by atoms with Crippen LogP contribution in [0.3, 0.4) is 0 Å². The predicted molar refractivity (Wildman–Crippen MR) is 142 cm³/mol. The number of hydrogen-bond donors (Lipinski definition) is 1. The van der Waals surface area contributed by atoms with Crippen LogP contribution in [-0.2, 0) is 0 Å². The topological polar surface area (TPSA) is 31.4 Å². The van der Waals surface area contributed by atoms with Crippen LogP contribution in [0.2, 0.25) is 0 Å². The fourth-order valence-corrected chi connectivity index (χ4v) is 4.95. The van der Waals surface area contributed by atoms with Crippen molar-refractivity contribution in [2.24, 2.45) is 0 Å². The van der Waals surface area contributed by atoms with Gasteiger partial charge in [0.05, 0.1) is 0 Å². The molecule has 1 atom stereocenters. The summed E-state index contributed by atoms with van der Waals surface area (Å²) in [7, 11) is 3.88. The number of anilines is 2. The van der Waals surface area contributed by atoms with Crippen LogP contribution in [0.25, 0.3) is 11.1 Å². The fourth-order valence-electron chi connectivity index (χ4n) is 3.95. The third-order valence-corrected chi connectivity index (χ3v) is 7.95. The van der Waals surface area contributed by atoms with Gasteiger partial charge in [0.25, 0.3) is 0 Å². The lowest BCUT2D eigenvalue weighted by Crippen LogP contribution is -2.41. The van der Waals surface area contributed by atoms with Crippen molar-refractivity contribution in [3.63, 3.8) is 0 Å². The standard InChI is InChI=1S/C14H22N3P.C13H11F2N/c1-4-18(3)16(2)13-8-11-17(12-9-13)14-7-5-6-10-15-14;1-16-13-4-2-9(3-5-13)10-6-11(14)8-12(15)7-10/h4-7,10,13H,1,8-9,11-12H2,2-3H3;2-8,16H,1H3. The Hall–Kier alpha value is -2.82. The number of benzene rings is 2. The Morgan fingerprint density at radius 3 is 2.21 bits per heavy atom. The zero-order chi connectivity index (χ0) is 24.5. The number of rotatable bonds is 6. The van der Waals surface area contributed by atoms with Gasteiger partial charge in [-0.3, -0.25) is 4.67 Å². The Bertz CT molecular complexity index is 1020. The number of nitrogens with zero attached hydrogens (tertiary/aromatic N) is 3. The summed E-state index contributed by atoms with van der Waals surface area (Å²) in [5, 5.41) is 2.98. The molecular weight excluding hydrogens is 449 g/mol. The van der Waals surface area contributed by atoms with Crippen LogP contribution in [0.4, 0.5) is 20.3 Å². The number of halogens is 2. The molecule has 1 aliphatic rings. The highest BCUT2D eigenvalue weighted by molar-refractivity contribution is 7.57. The molecule has 1 aromatic heterocycles. The second-order valence-corrected chi connectivity index (χ2v) is 10.4. The van der Waals surface area contributed by atoms with Crippen molar-refractivity contribution >= 4 is 19.6 Å². The molecule has 0 radical (unpaired) electrons. The maximum atomic E-state index is 13.0. The van der Waals surface area contributed by atoms with E-state index in [9.17, 15) is 8.78 Å². The van der Waals surface area contributed by atoms with E-state index in [0.717, 1.165) is 36.2 Å². The van der Waals surface area contributed by atoms with Crippen molar-refractivity contribution in [2.45, 2.75) is 18.9 Å². The van der Waals surface area contributed by atoms with E-state index >= 15 is 0 Å². The maximum absolute atomic E-state index is 13.0. The van der Waals surface area contributed by atoms with Gasteiger partial charge in [0.1, 0.15) is 17.5 Å². The van der Waals surface area contributed by atoms with Gasteiger partial charge in [-0.15, -0.1) is 0 Å². The highest BCUT2D eigenvalue weighted by atomic mass is 31.1. The Labute approximate surface area is 203 Å². The first-order chi connectivity index (χ1) is 16.4. The van der Waals surface area contributed by atoms with E-state index in [4.69, 9.17) is 0 Å². The zero-order valence-electron chi connectivity index (χ0n) is 20.1. The average molecular weight is 483 g/mol. The second kappa shape index (κ2) is 12.6. The molecule has 180 valence electrons. The van der Waals surface area contributed by atoms with Crippen molar-refractivity contribution in [1.29, 1.82) is 0 Å². The van der Waals surface area contributed by atoms with E-state index in [1.807, 2.05) is 43.6 Å². The summed E-state index contributed by atoms with van der Waals surface area (Å²) in [6.07, 6.45) is 4.30. The number of aromatic nitrogens is 1. The highest BCUT2D eigenvalue weighted by Gasteiger charge is 2.24. The Kier molecular flexibility index (Phi) is 9.55. The molecule has 2 aromatic carbocycles. The predicted octanol–water partition coefficient (Wildman–Crippen LogP) is 6.83. The van der Waals surface area contributed by atoms with E-state index in [1.54, 1.807) is 0 Å².